The van der Waals surface area contributed by atoms with Crippen molar-refractivity contribution in [1.82, 2.24) is 9.80 Å². The summed E-state index contributed by atoms with van der Waals surface area (Å²) in [5, 5.41) is 0. The number of ether oxygens (including phenoxy) is 1. The number of carbonyl (C=O) groups is 2. The summed E-state index contributed by atoms with van der Waals surface area (Å²) < 4.78 is 4.99. The maximum atomic E-state index is 12.5. The Morgan fingerprint density at radius 1 is 1.00 bits per heavy atom. The Balaban J connectivity index is 1.78. The van der Waals surface area contributed by atoms with Crippen LogP contribution < -0.4 is 4.74 Å². The molecule has 1 aliphatic heterocycles. The highest BCUT2D eigenvalue weighted by atomic mass is 16.5. The monoisotopic (exact) mass is 332 g/mol. The molecule has 0 saturated carbocycles. The van der Waals surface area contributed by atoms with Gasteiger partial charge < -0.3 is 9.64 Å². The molecule has 132 valence electrons. The van der Waals surface area contributed by atoms with Gasteiger partial charge in [-0.25, -0.2) is 0 Å². The number of hydrogen-bond acceptors (Lipinski definition) is 4. The van der Waals surface area contributed by atoms with Gasteiger partial charge in [0.1, 0.15) is 5.75 Å². The first-order chi connectivity index (χ1) is 11.6. The second kappa shape index (κ2) is 9.42. The molecule has 5 nitrogen and oxygen atoms in total. The molecule has 1 aromatic rings. The first-order valence-electron chi connectivity index (χ1n) is 8.90. The number of carbonyl (C=O) groups excluding carboxylic acids is 2. The van der Waals surface area contributed by atoms with Gasteiger partial charge in [0.2, 0.25) is 0 Å². The van der Waals surface area contributed by atoms with Gasteiger partial charge >= 0.3 is 5.97 Å². The minimum absolute atomic E-state index is 0.0509. The lowest BCUT2D eigenvalue weighted by atomic mass is 10.1. The lowest BCUT2D eigenvalue weighted by Crippen LogP contribution is -2.48. The molecule has 1 aromatic carbocycles. The van der Waals surface area contributed by atoms with Crippen LogP contribution in [-0.2, 0) is 4.79 Å². The van der Waals surface area contributed by atoms with Gasteiger partial charge in [0.25, 0.3) is 5.91 Å². The van der Waals surface area contributed by atoms with E-state index < -0.39 is 0 Å². The van der Waals surface area contributed by atoms with Crippen molar-refractivity contribution in [2.24, 2.45) is 0 Å². The smallest absolute Gasteiger partial charge is 0.308 e. The van der Waals surface area contributed by atoms with Gasteiger partial charge in [0, 0.05) is 38.7 Å². The van der Waals surface area contributed by atoms with Crippen molar-refractivity contribution in [3.8, 4) is 5.75 Å². The van der Waals surface area contributed by atoms with Gasteiger partial charge in [-0.15, -0.1) is 0 Å². The summed E-state index contributed by atoms with van der Waals surface area (Å²) >= 11 is 0. The van der Waals surface area contributed by atoms with Gasteiger partial charge in [0.05, 0.1) is 0 Å². The van der Waals surface area contributed by atoms with Crippen molar-refractivity contribution in [3.05, 3.63) is 29.8 Å². The van der Waals surface area contributed by atoms with Crippen LogP contribution in [-0.4, -0.2) is 54.4 Å². The molecule has 1 amide bonds. The quantitative estimate of drug-likeness (QED) is 0.438. The van der Waals surface area contributed by atoms with Crippen LogP contribution in [0.15, 0.2) is 24.3 Å². The first kappa shape index (κ1) is 18.5. The molecule has 1 saturated heterocycles. The Labute approximate surface area is 144 Å². The predicted molar refractivity (Wildman–Crippen MR) is 94.2 cm³/mol. The van der Waals surface area contributed by atoms with E-state index in [9.17, 15) is 9.59 Å². The topological polar surface area (TPSA) is 49.9 Å². The molecule has 1 fully saturated rings. The van der Waals surface area contributed by atoms with E-state index in [0.717, 1.165) is 32.7 Å². The summed E-state index contributed by atoms with van der Waals surface area (Å²) in [7, 11) is 0. The Morgan fingerprint density at radius 3 is 2.25 bits per heavy atom. The molecule has 0 aromatic heterocycles. The van der Waals surface area contributed by atoms with Crippen LogP contribution in [0.25, 0.3) is 0 Å². The van der Waals surface area contributed by atoms with Gasteiger partial charge in [-0.3, -0.25) is 14.5 Å². The molecule has 0 atom stereocenters. The van der Waals surface area contributed by atoms with Crippen LogP contribution in [0.5, 0.6) is 5.75 Å². The molecule has 2 rings (SSSR count). The van der Waals surface area contributed by atoms with Crippen LogP contribution in [0.3, 0.4) is 0 Å². The highest BCUT2D eigenvalue weighted by Crippen LogP contribution is 2.15. The van der Waals surface area contributed by atoms with Gasteiger partial charge in [0.15, 0.2) is 0 Å². The Bertz CT molecular complexity index is 534. The molecule has 0 radical (unpaired) electrons. The number of amides is 1. The number of unbranched alkanes of at least 4 members (excludes halogenated alkanes) is 3. The Morgan fingerprint density at radius 2 is 1.67 bits per heavy atom. The van der Waals surface area contributed by atoms with Gasteiger partial charge in [-0.1, -0.05) is 26.2 Å². The Kier molecular flexibility index (Phi) is 7.25. The summed E-state index contributed by atoms with van der Waals surface area (Å²) in [5.74, 6) is 0.162. The summed E-state index contributed by atoms with van der Waals surface area (Å²) in [5.41, 5.74) is 0.641. The average molecular weight is 332 g/mol. The highest BCUT2D eigenvalue weighted by Gasteiger charge is 2.21. The zero-order valence-electron chi connectivity index (χ0n) is 14.8. The number of benzene rings is 1. The van der Waals surface area contributed by atoms with Crippen molar-refractivity contribution < 1.29 is 14.3 Å². The van der Waals surface area contributed by atoms with Crippen LogP contribution in [0.2, 0.25) is 0 Å². The normalized spacial score (nSPS) is 15.3. The fourth-order valence-corrected chi connectivity index (χ4v) is 2.95. The zero-order chi connectivity index (χ0) is 17.4. The molecule has 0 spiro atoms. The summed E-state index contributed by atoms with van der Waals surface area (Å²) in [4.78, 5) is 27.8. The van der Waals surface area contributed by atoms with Crippen LogP contribution in [0, 0.1) is 0 Å². The predicted octanol–water partition coefficient (Wildman–Crippen LogP) is 2.95. The van der Waals surface area contributed by atoms with E-state index in [1.807, 2.05) is 4.90 Å². The van der Waals surface area contributed by atoms with Crippen molar-refractivity contribution in [1.29, 1.82) is 0 Å². The van der Waals surface area contributed by atoms with E-state index >= 15 is 0 Å². The maximum absolute atomic E-state index is 12.5. The SMILES string of the molecule is CCCCCCN1CCN(C(=O)c2ccc(OC(C)=O)cc2)CC1. The standard InChI is InChI=1S/C19H28N2O3/c1-3-4-5-6-11-20-12-14-21(15-13-20)19(23)17-7-9-18(10-8-17)24-16(2)22/h7-10H,3-6,11-15H2,1-2H3. The minimum atomic E-state index is -0.357. The number of esters is 1. The van der Waals surface area contributed by atoms with E-state index in [0.29, 0.717) is 11.3 Å². The van der Waals surface area contributed by atoms with E-state index in [1.54, 1.807) is 24.3 Å². The lowest BCUT2D eigenvalue weighted by molar-refractivity contribution is -0.131. The fraction of sp³-hybridized carbons (Fsp3) is 0.579. The Hall–Kier alpha value is -1.88. The second-order valence-corrected chi connectivity index (χ2v) is 6.31. The van der Waals surface area contributed by atoms with Crippen LogP contribution in [0.4, 0.5) is 0 Å². The van der Waals surface area contributed by atoms with E-state index in [4.69, 9.17) is 4.74 Å². The summed E-state index contributed by atoms with van der Waals surface area (Å²) in [6, 6.07) is 6.77. The maximum Gasteiger partial charge on any atom is 0.308 e. The fourth-order valence-electron chi connectivity index (χ4n) is 2.95. The minimum Gasteiger partial charge on any atom is -0.427 e. The number of nitrogens with zero attached hydrogens (tertiary/aromatic N) is 2. The van der Waals surface area contributed by atoms with Crippen LogP contribution in [0.1, 0.15) is 49.9 Å². The third-order valence-corrected chi connectivity index (χ3v) is 4.35. The molecule has 0 unspecified atom stereocenters. The molecule has 0 bridgehead atoms. The molecule has 0 aliphatic carbocycles. The van der Waals surface area contributed by atoms with E-state index in [2.05, 4.69) is 11.8 Å². The van der Waals surface area contributed by atoms with Crippen molar-refractivity contribution in [3.63, 3.8) is 0 Å². The van der Waals surface area contributed by atoms with E-state index in [-0.39, 0.29) is 11.9 Å². The third kappa shape index (κ3) is 5.64. The lowest BCUT2D eigenvalue weighted by Gasteiger charge is -2.34. The van der Waals surface area contributed by atoms with Gasteiger partial charge in [-0.2, -0.15) is 0 Å². The van der Waals surface area contributed by atoms with Crippen LogP contribution >= 0.6 is 0 Å². The summed E-state index contributed by atoms with van der Waals surface area (Å²) in [6.45, 7) is 8.17. The van der Waals surface area contributed by atoms with Crippen molar-refractivity contribution in [2.45, 2.75) is 39.5 Å². The molecular formula is C19H28N2O3. The molecule has 24 heavy (non-hydrogen) atoms. The summed E-state index contributed by atoms with van der Waals surface area (Å²) in [6.07, 6.45) is 5.12. The van der Waals surface area contributed by atoms with Gasteiger partial charge in [-0.05, 0) is 37.2 Å². The zero-order valence-corrected chi connectivity index (χ0v) is 14.8. The largest absolute Gasteiger partial charge is 0.427 e. The highest BCUT2D eigenvalue weighted by molar-refractivity contribution is 5.94. The molecular weight excluding hydrogens is 304 g/mol. The molecule has 1 aliphatic rings. The molecule has 0 N–H and O–H groups in total. The van der Waals surface area contributed by atoms with E-state index in [1.165, 1.54) is 32.6 Å². The molecule has 5 heteroatoms. The third-order valence-electron chi connectivity index (χ3n) is 4.35. The van der Waals surface area contributed by atoms with Crippen molar-refractivity contribution in [2.75, 3.05) is 32.7 Å². The number of piperazine rings is 1. The first-order valence-corrected chi connectivity index (χ1v) is 8.90. The second-order valence-electron chi connectivity index (χ2n) is 6.31. The van der Waals surface area contributed by atoms with Crippen molar-refractivity contribution >= 4 is 11.9 Å². The average Bonchev–Trinajstić information content (AvgIpc) is 2.59. The number of rotatable bonds is 7. The number of hydrogen-bond donors (Lipinski definition) is 0. The molecule has 1 heterocycles.